The van der Waals surface area contributed by atoms with E-state index in [-0.39, 0.29) is 0 Å². The number of nitrogens with zero attached hydrogens (tertiary/aromatic N) is 1. The van der Waals surface area contributed by atoms with Crippen LogP contribution in [-0.2, 0) is 10.0 Å². The highest BCUT2D eigenvalue weighted by molar-refractivity contribution is 7.89. The number of aromatic amines is 1. The number of nitrogens with one attached hydrogen (secondary N) is 1. The van der Waals surface area contributed by atoms with Crippen LogP contribution < -0.4 is 0 Å². The molecule has 130 valence electrons. The molecule has 0 bridgehead atoms. The van der Waals surface area contributed by atoms with E-state index in [0.717, 1.165) is 23.9 Å². The molecule has 0 spiro atoms. The summed E-state index contributed by atoms with van der Waals surface area (Å²) in [6.07, 6.45) is 1.69. The summed E-state index contributed by atoms with van der Waals surface area (Å²) in [5.74, 6) is 0.385. The second-order valence-corrected chi connectivity index (χ2v) is 8.66. The number of benzene rings is 2. The van der Waals surface area contributed by atoms with Gasteiger partial charge in [-0.05, 0) is 48.9 Å². The standard InChI is InChI=1S/C20H22N2O2S/c1-15-6-2-5-9-20(15)25(23,24)22-12-10-16(11-13-22)19-14-17-7-3-4-8-18(17)21-19/h2-9,14,16,21H,10-13H2,1H3. The van der Waals surface area contributed by atoms with E-state index in [1.165, 1.54) is 11.1 Å². The Morgan fingerprint density at radius 3 is 2.40 bits per heavy atom. The highest BCUT2D eigenvalue weighted by Crippen LogP contribution is 2.32. The maximum atomic E-state index is 12.9. The third-order valence-electron chi connectivity index (χ3n) is 5.16. The number of fused-ring (bicyclic) bond motifs is 1. The number of para-hydroxylation sites is 1. The Hall–Kier alpha value is -2.11. The van der Waals surface area contributed by atoms with Gasteiger partial charge in [0.15, 0.2) is 0 Å². The zero-order valence-corrected chi connectivity index (χ0v) is 15.1. The fourth-order valence-corrected chi connectivity index (χ4v) is 5.40. The molecule has 0 amide bonds. The summed E-state index contributed by atoms with van der Waals surface area (Å²) in [5, 5.41) is 1.22. The fourth-order valence-electron chi connectivity index (χ4n) is 3.71. The minimum absolute atomic E-state index is 0.385. The Bertz CT molecular complexity index is 966. The number of rotatable bonds is 3. The van der Waals surface area contributed by atoms with Crippen LogP contribution in [0.15, 0.2) is 59.5 Å². The van der Waals surface area contributed by atoms with Crippen LogP contribution in [0.4, 0.5) is 0 Å². The van der Waals surface area contributed by atoms with Gasteiger partial charge in [-0.2, -0.15) is 4.31 Å². The molecule has 5 heteroatoms. The Kier molecular flexibility index (Phi) is 4.13. The molecular weight excluding hydrogens is 332 g/mol. The Balaban J connectivity index is 1.52. The van der Waals surface area contributed by atoms with Gasteiger partial charge < -0.3 is 4.98 Å². The third kappa shape index (κ3) is 2.98. The average molecular weight is 354 g/mol. The predicted molar refractivity (Wildman–Crippen MR) is 100 cm³/mol. The minimum atomic E-state index is -3.40. The number of aromatic nitrogens is 1. The first-order chi connectivity index (χ1) is 12.1. The van der Waals surface area contributed by atoms with E-state index in [9.17, 15) is 8.42 Å². The first-order valence-electron chi connectivity index (χ1n) is 8.69. The molecule has 1 saturated heterocycles. The number of piperidine rings is 1. The molecule has 4 rings (SSSR count). The molecule has 0 aliphatic carbocycles. The van der Waals surface area contributed by atoms with E-state index >= 15 is 0 Å². The highest BCUT2D eigenvalue weighted by Gasteiger charge is 2.31. The molecule has 2 aromatic carbocycles. The molecule has 1 N–H and O–H groups in total. The van der Waals surface area contributed by atoms with E-state index < -0.39 is 10.0 Å². The zero-order valence-electron chi connectivity index (χ0n) is 14.3. The summed E-state index contributed by atoms with van der Waals surface area (Å²) in [6.45, 7) is 2.98. The Morgan fingerprint density at radius 1 is 1.00 bits per heavy atom. The van der Waals surface area contributed by atoms with Crippen LogP contribution >= 0.6 is 0 Å². The molecule has 1 aliphatic rings. The van der Waals surface area contributed by atoms with Gasteiger partial charge >= 0.3 is 0 Å². The van der Waals surface area contributed by atoms with Crippen molar-refractivity contribution in [1.29, 1.82) is 0 Å². The van der Waals surface area contributed by atoms with E-state index in [1.54, 1.807) is 16.4 Å². The molecule has 1 aliphatic heterocycles. The Morgan fingerprint density at radius 2 is 1.68 bits per heavy atom. The molecule has 25 heavy (non-hydrogen) atoms. The molecule has 1 fully saturated rings. The molecular formula is C20H22N2O2S. The van der Waals surface area contributed by atoms with Crippen molar-refractivity contribution in [1.82, 2.24) is 9.29 Å². The summed E-state index contributed by atoms with van der Waals surface area (Å²) in [7, 11) is -3.40. The van der Waals surface area contributed by atoms with Crippen LogP contribution in [-0.4, -0.2) is 30.8 Å². The van der Waals surface area contributed by atoms with Crippen molar-refractivity contribution in [2.75, 3.05) is 13.1 Å². The lowest BCUT2D eigenvalue weighted by Crippen LogP contribution is -2.38. The van der Waals surface area contributed by atoms with Gasteiger partial charge in [0.05, 0.1) is 4.90 Å². The van der Waals surface area contributed by atoms with Gasteiger partial charge in [-0.15, -0.1) is 0 Å². The maximum Gasteiger partial charge on any atom is 0.243 e. The average Bonchev–Trinajstić information content (AvgIpc) is 3.06. The lowest BCUT2D eigenvalue weighted by Gasteiger charge is -2.31. The van der Waals surface area contributed by atoms with Crippen LogP contribution in [0, 0.1) is 6.92 Å². The van der Waals surface area contributed by atoms with E-state index in [1.807, 2.05) is 31.2 Å². The van der Waals surface area contributed by atoms with E-state index in [0.29, 0.717) is 23.9 Å². The number of sulfonamides is 1. The summed E-state index contributed by atoms with van der Waals surface area (Å²) >= 11 is 0. The number of aryl methyl sites for hydroxylation is 1. The summed E-state index contributed by atoms with van der Waals surface area (Å²) in [6, 6.07) is 17.7. The maximum absolute atomic E-state index is 12.9. The van der Waals surface area contributed by atoms with Gasteiger partial charge in [0.1, 0.15) is 0 Å². The van der Waals surface area contributed by atoms with Crippen LogP contribution in [0.2, 0.25) is 0 Å². The second-order valence-electron chi connectivity index (χ2n) is 6.76. The number of H-pyrrole nitrogens is 1. The van der Waals surface area contributed by atoms with Crippen molar-refractivity contribution in [3.8, 4) is 0 Å². The summed E-state index contributed by atoms with van der Waals surface area (Å²) < 4.78 is 27.5. The zero-order chi connectivity index (χ0) is 17.4. The monoisotopic (exact) mass is 354 g/mol. The lowest BCUT2D eigenvalue weighted by atomic mass is 9.95. The number of hydrogen-bond acceptors (Lipinski definition) is 2. The second kappa shape index (κ2) is 6.32. The molecule has 1 aromatic heterocycles. The molecule has 0 radical (unpaired) electrons. The topological polar surface area (TPSA) is 53.2 Å². The van der Waals surface area contributed by atoms with Crippen molar-refractivity contribution in [2.24, 2.45) is 0 Å². The smallest absolute Gasteiger partial charge is 0.243 e. The molecule has 0 unspecified atom stereocenters. The van der Waals surface area contributed by atoms with Crippen LogP contribution in [0.25, 0.3) is 10.9 Å². The van der Waals surface area contributed by atoms with Crippen LogP contribution in [0.3, 0.4) is 0 Å². The molecule has 2 heterocycles. The third-order valence-corrected chi connectivity index (χ3v) is 7.21. The van der Waals surface area contributed by atoms with Crippen molar-refractivity contribution < 1.29 is 8.42 Å². The first-order valence-corrected chi connectivity index (χ1v) is 10.1. The van der Waals surface area contributed by atoms with Crippen molar-refractivity contribution in [3.05, 3.63) is 65.9 Å². The normalized spacial score (nSPS) is 17.2. The van der Waals surface area contributed by atoms with Gasteiger partial charge in [-0.25, -0.2) is 8.42 Å². The van der Waals surface area contributed by atoms with Gasteiger partial charge in [0.25, 0.3) is 0 Å². The lowest BCUT2D eigenvalue weighted by molar-refractivity contribution is 0.317. The predicted octanol–water partition coefficient (Wildman–Crippen LogP) is 4.04. The summed E-state index contributed by atoms with van der Waals surface area (Å²) in [5.41, 5.74) is 3.17. The SMILES string of the molecule is Cc1ccccc1S(=O)(=O)N1CCC(c2cc3ccccc3[nH]2)CC1. The molecule has 4 nitrogen and oxygen atoms in total. The van der Waals surface area contributed by atoms with Crippen molar-refractivity contribution >= 4 is 20.9 Å². The first kappa shape index (κ1) is 16.4. The van der Waals surface area contributed by atoms with Crippen LogP contribution in [0.5, 0.6) is 0 Å². The molecule has 0 atom stereocenters. The molecule has 0 saturated carbocycles. The van der Waals surface area contributed by atoms with Crippen LogP contribution in [0.1, 0.15) is 30.0 Å². The van der Waals surface area contributed by atoms with E-state index in [2.05, 4.69) is 23.2 Å². The fraction of sp³-hybridized carbons (Fsp3) is 0.300. The van der Waals surface area contributed by atoms with Gasteiger partial charge in [0.2, 0.25) is 10.0 Å². The molecule has 3 aromatic rings. The van der Waals surface area contributed by atoms with Gasteiger partial charge in [-0.1, -0.05) is 36.4 Å². The quantitative estimate of drug-likeness (QED) is 0.771. The minimum Gasteiger partial charge on any atom is -0.358 e. The Labute approximate surface area is 148 Å². The largest absolute Gasteiger partial charge is 0.358 e. The number of hydrogen-bond donors (Lipinski definition) is 1. The van der Waals surface area contributed by atoms with Crippen molar-refractivity contribution in [2.45, 2.75) is 30.6 Å². The highest BCUT2D eigenvalue weighted by atomic mass is 32.2. The summed E-state index contributed by atoms with van der Waals surface area (Å²) in [4.78, 5) is 3.92. The van der Waals surface area contributed by atoms with Gasteiger partial charge in [-0.3, -0.25) is 0 Å². The van der Waals surface area contributed by atoms with Crippen molar-refractivity contribution in [3.63, 3.8) is 0 Å². The van der Waals surface area contributed by atoms with E-state index in [4.69, 9.17) is 0 Å². The van der Waals surface area contributed by atoms with Gasteiger partial charge in [0, 0.05) is 30.2 Å².